The summed E-state index contributed by atoms with van der Waals surface area (Å²) in [6.45, 7) is 1.95. The normalized spacial score (nSPS) is 12.0. The second-order valence-electron chi connectivity index (χ2n) is 5.10. The summed E-state index contributed by atoms with van der Waals surface area (Å²) >= 11 is 0. The van der Waals surface area contributed by atoms with Gasteiger partial charge in [-0.1, -0.05) is 36.4 Å². The maximum atomic E-state index is 9.38. The van der Waals surface area contributed by atoms with Gasteiger partial charge in [-0.25, -0.2) is 4.98 Å². The van der Waals surface area contributed by atoms with Gasteiger partial charge in [-0.15, -0.1) is 0 Å². The number of para-hydroxylation sites is 1. The van der Waals surface area contributed by atoms with E-state index in [-0.39, 0.29) is 6.04 Å². The first-order valence-electron chi connectivity index (χ1n) is 6.85. The van der Waals surface area contributed by atoms with Crippen LogP contribution in [0.1, 0.15) is 24.2 Å². The molecule has 0 saturated heterocycles. The molecule has 0 amide bonds. The van der Waals surface area contributed by atoms with E-state index in [0.29, 0.717) is 5.69 Å². The van der Waals surface area contributed by atoms with Crippen molar-refractivity contribution in [1.29, 1.82) is 5.26 Å². The summed E-state index contributed by atoms with van der Waals surface area (Å²) in [4.78, 5) is 4.45. The van der Waals surface area contributed by atoms with E-state index in [1.807, 2.05) is 61.5 Å². The molecule has 3 heteroatoms. The van der Waals surface area contributed by atoms with Crippen molar-refractivity contribution in [3.63, 3.8) is 0 Å². The largest absolute Gasteiger partial charge is 0.324 e. The summed E-state index contributed by atoms with van der Waals surface area (Å²) in [6.07, 6.45) is 0. The molecule has 1 atom stereocenters. The van der Waals surface area contributed by atoms with Crippen LogP contribution in [-0.4, -0.2) is 4.98 Å². The van der Waals surface area contributed by atoms with E-state index in [4.69, 9.17) is 5.73 Å². The first kappa shape index (κ1) is 13.3. The van der Waals surface area contributed by atoms with Crippen molar-refractivity contribution in [3.8, 4) is 17.2 Å². The number of hydrogen-bond donors (Lipinski definition) is 1. The van der Waals surface area contributed by atoms with E-state index in [1.54, 1.807) is 0 Å². The number of aromatic nitrogens is 1. The van der Waals surface area contributed by atoms with Crippen LogP contribution in [0.3, 0.4) is 0 Å². The Morgan fingerprint density at radius 2 is 1.90 bits per heavy atom. The Morgan fingerprint density at radius 3 is 2.67 bits per heavy atom. The van der Waals surface area contributed by atoms with Crippen molar-refractivity contribution < 1.29 is 0 Å². The number of benzene rings is 2. The van der Waals surface area contributed by atoms with E-state index in [9.17, 15) is 5.26 Å². The van der Waals surface area contributed by atoms with Crippen molar-refractivity contribution in [2.45, 2.75) is 13.0 Å². The van der Waals surface area contributed by atoms with Crippen LogP contribution < -0.4 is 5.73 Å². The zero-order valence-electron chi connectivity index (χ0n) is 11.7. The minimum Gasteiger partial charge on any atom is -0.324 e. The van der Waals surface area contributed by atoms with Crippen molar-refractivity contribution in [2.75, 3.05) is 0 Å². The molecule has 3 rings (SSSR count). The molecule has 0 fully saturated rings. The molecule has 2 N–H and O–H groups in total. The van der Waals surface area contributed by atoms with Crippen LogP contribution in [0.2, 0.25) is 0 Å². The van der Waals surface area contributed by atoms with E-state index in [2.05, 4.69) is 11.1 Å². The highest BCUT2D eigenvalue weighted by molar-refractivity contribution is 5.86. The Balaban J connectivity index is 2.24. The van der Waals surface area contributed by atoms with Gasteiger partial charge in [0.1, 0.15) is 11.8 Å². The highest BCUT2D eigenvalue weighted by Crippen LogP contribution is 2.28. The lowest BCUT2D eigenvalue weighted by atomic mass is 9.98. The third kappa shape index (κ3) is 2.49. The average molecular weight is 273 g/mol. The van der Waals surface area contributed by atoms with Crippen LogP contribution in [0.25, 0.3) is 22.0 Å². The van der Waals surface area contributed by atoms with Gasteiger partial charge in [-0.2, -0.15) is 5.26 Å². The number of nitrogens with two attached hydrogens (primary N) is 1. The molecule has 0 aliphatic heterocycles. The summed E-state index contributed by atoms with van der Waals surface area (Å²) in [5.74, 6) is 0. The van der Waals surface area contributed by atoms with Gasteiger partial charge in [-0.3, -0.25) is 0 Å². The fraction of sp³-hybridized carbons (Fsp3) is 0.111. The Hall–Kier alpha value is -2.70. The molecular weight excluding hydrogens is 258 g/mol. The van der Waals surface area contributed by atoms with E-state index in [1.165, 1.54) is 0 Å². The van der Waals surface area contributed by atoms with Crippen LogP contribution >= 0.6 is 0 Å². The van der Waals surface area contributed by atoms with Gasteiger partial charge in [0.2, 0.25) is 0 Å². The number of nitriles is 1. The molecule has 1 unspecified atom stereocenters. The minimum absolute atomic E-state index is 0.0381. The zero-order valence-corrected chi connectivity index (χ0v) is 11.7. The van der Waals surface area contributed by atoms with Gasteiger partial charge < -0.3 is 5.73 Å². The number of hydrogen-bond acceptors (Lipinski definition) is 3. The van der Waals surface area contributed by atoms with Crippen LogP contribution in [0.4, 0.5) is 0 Å². The van der Waals surface area contributed by atoms with Crippen molar-refractivity contribution in [2.24, 2.45) is 5.73 Å². The van der Waals surface area contributed by atoms with Crippen LogP contribution in [0.15, 0.2) is 54.6 Å². The molecule has 1 aromatic heterocycles. The number of rotatable bonds is 2. The second kappa shape index (κ2) is 5.35. The molecule has 0 aliphatic rings. The van der Waals surface area contributed by atoms with E-state index < -0.39 is 0 Å². The highest BCUT2D eigenvalue weighted by Gasteiger charge is 2.10. The van der Waals surface area contributed by atoms with Gasteiger partial charge in [-0.05, 0) is 36.2 Å². The van der Waals surface area contributed by atoms with Crippen LogP contribution in [0, 0.1) is 11.3 Å². The van der Waals surface area contributed by atoms with Gasteiger partial charge in [0.05, 0.1) is 5.52 Å². The highest BCUT2D eigenvalue weighted by atomic mass is 14.7. The molecule has 102 valence electrons. The lowest BCUT2D eigenvalue weighted by Gasteiger charge is -2.10. The van der Waals surface area contributed by atoms with E-state index in [0.717, 1.165) is 27.6 Å². The molecule has 21 heavy (non-hydrogen) atoms. The van der Waals surface area contributed by atoms with Crippen molar-refractivity contribution in [1.82, 2.24) is 4.98 Å². The minimum atomic E-state index is -0.0381. The van der Waals surface area contributed by atoms with E-state index >= 15 is 0 Å². The molecule has 3 nitrogen and oxygen atoms in total. The van der Waals surface area contributed by atoms with Gasteiger partial charge in [0.15, 0.2) is 0 Å². The fourth-order valence-electron chi connectivity index (χ4n) is 2.41. The SMILES string of the molecule is CC(N)c1cccc(-c2cc3ccccc3nc2C#N)c1. The molecule has 0 aliphatic carbocycles. The second-order valence-corrected chi connectivity index (χ2v) is 5.10. The Morgan fingerprint density at radius 1 is 1.10 bits per heavy atom. The quantitative estimate of drug-likeness (QED) is 0.772. The summed E-state index contributed by atoms with van der Waals surface area (Å²) in [5.41, 5.74) is 10.1. The number of pyridine rings is 1. The summed E-state index contributed by atoms with van der Waals surface area (Å²) < 4.78 is 0. The van der Waals surface area contributed by atoms with Gasteiger partial charge in [0, 0.05) is 17.0 Å². The average Bonchev–Trinajstić information content (AvgIpc) is 2.53. The monoisotopic (exact) mass is 273 g/mol. The fourth-order valence-corrected chi connectivity index (χ4v) is 2.41. The molecule has 3 aromatic rings. The van der Waals surface area contributed by atoms with Crippen LogP contribution in [0.5, 0.6) is 0 Å². The molecule has 0 spiro atoms. The smallest absolute Gasteiger partial charge is 0.149 e. The zero-order chi connectivity index (χ0) is 14.8. The van der Waals surface area contributed by atoms with Crippen LogP contribution in [-0.2, 0) is 0 Å². The third-order valence-corrected chi connectivity index (χ3v) is 3.55. The maximum Gasteiger partial charge on any atom is 0.149 e. The molecule has 1 heterocycles. The van der Waals surface area contributed by atoms with Crippen molar-refractivity contribution in [3.05, 3.63) is 65.9 Å². The Kier molecular flexibility index (Phi) is 3.39. The molecule has 0 saturated carbocycles. The standard InChI is InChI=1S/C18H15N3/c1-12(20)13-6-4-7-14(9-13)16-10-15-5-2-3-8-17(15)21-18(16)11-19/h2-10,12H,20H2,1H3. The molecule has 0 radical (unpaired) electrons. The Bertz CT molecular complexity index is 844. The first-order chi connectivity index (χ1) is 10.2. The number of fused-ring (bicyclic) bond motifs is 1. The topological polar surface area (TPSA) is 62.7 Å². The molecular formula is C18H15N3. The predicted molar refractivity (Wildman–Crippen MR) is 84.5 cm³/mol. The number of nitrogens with zero attached hydrogens (tertiary/aromatic N) is 2. The summed E-state index contributed by atoms with van der Waals surface area (Å²) in [6, 6.07) is 19.9. The molecule has 0 bridgehead atoms. The third-order valence-electron chi connectivity index (χ3n) is 3.55. The van der Waals surface area contributed by atoms with Gasteiger partial charge >= 0.3 is 0 Å². The predicted octanol–water partition coefficient (Wildman–Crippen LogP) is 3.79. The summed E-state index contributed by atoms with van der Waals surface area (Å²) in [7, 11) is 0. The molecule has 2 aromatic carbocycles. The lowest BCUT2D eigenvalue weighted by molar-refractivity contribution is 0.818. The first-order valence-corrected chi connectivity index (χ1v) is 6.85. The summed E-state index contributed by atoms with van der Waals surface area (Å²) in [5, 5.41) is 10.4. The lowest BCUT2D eigenvalue weighted by Crippen LogP contribution is -2.04. The maximum absolute atomic E-state index is 9.38. The van der Waals surface area contributed by atoms with Crippen molar-refractivity contribution >= 4 is 10.9 Å². The Labute approximate surface area is 123 Å². The van der Waals surface area contributed by atoms with Gasteiger partial charge in [0.25, 0.3) is 0 Å².